The van der Waals surface area contributed by atoms with Gasteiger partial charge in [-0.15, -0.1) is 0 Å². The van der Waals surface area contributed by atoms with E-state index in [0.29, 0.717) is 19.1 Å². The fourth-order valence-electron chi connectivity index (χ4n) is 3.59. The lowest BCUT2D eigenvalue weighted by Crippen LogP contribution is -2.44. The predicted octanol–water partition coefficient (Wildman–Crippen LogP) is 2.08. The number of rotatable bonds is 3. The van der Waals surface area contributed by atoms with Crippen LogP contribution in [0.25, 0.3) is 0 Å². The molecule has 6 heteroatoms. The summed E-state index contributed by atoms with van der Waals surface area (Å²) < 4.78 is 10.9. The van der Waals surface area contributed by atoms with E-state index in [9.17, 15) is 4.79 Å². The highest BCUT2D eigenvalue weighted by Gasteiger charge is 2.37. The van der Waals surface area contributed by atoms with Crippen molar-refractivity contribution in [2.24, 2.45) is 5.92 Å². The Morgan fingerprint density at radius 3 is 2.82 bits per heavy atom. The van der Waals surface area contributed by atoms with E-state index in [0.717, 1.165) is 50.4 Å². The maximum atomic E-state index is 12.7. The molecule has 2 saturated heterocycles. The summed E-state index contributed by atoms with van der Waals surface area (Å²) in [5.74, 6) is 2.53. The Labute approximate surface area is 130 Å². The van der Waals surface area contributed by atoms with Gasteiger partial charge < -0.3 is 14.2 Å². The Hall–Kier alpha value is -1.43. The van der Waals surface area contributed by atoms with Crippen molar-refractivity contribution >= 4 is 5.91 Å². The number of aromatic nitrogens is 2. The minimum atomic E-state index is 0.0195. The highest BCUT2D eigenvalue weighted by molar-refractivity contribution is 5.79. The van der Waals surface area contributed by atoms with Gasteiger partial charge in [-0.05, 0) is 39.0 Å². The van der Waals surface area contributed by atoms with Gasteiger partial charge >= 0.3 is 0 Å². The molecule has 3 atom stereocenters. The van der Waals surface area contributed by atoms with Crippen LogP contribution in [0.3, 0.4) is 0 Å². The number of hydrogen-bond acceptors (Lipinski definition) is 5. The van der Waals surface area contributed by atoms with Crippen LogP contribution in [-0.2, 0) is 9.53 Å². The molecule has 3 heterocycles. The second kappa shape index (κ2) is 5.65. The van der Waals surface area contributed by atoms with Crippen LogP contribution in [0, 0.1) is 5.92 Å². The zero-order valence-electron chi connectivity index (χ0n) is 13.0. The molecule has 3 aliphatic rings. The smallest absolute Gasteiger partial charge is 0.229 e. The molecular formula is C16H23N3O3. The SMILES string of the molecule is CC1OCCC1C(=O)N1CCCC(c2noc(C3CC3)n2)C1. The number of nitrogens with zero attached hydrogens (tertiary/aromatic N) is 3. The minimum absolute atomic E-state index is 0.0195. The summed E-state index contributed by atoms with van der Waals surface area (Å²) in [6.07, 6.45) is 5.25. The van der Waals surface area contributed by atoms with Gasteiger partial charge in [0.15, 0.2) is 5.82 Å². The monoisotopic (exact) mass is 305 g/mol. The van der Waals surface area contributed by atoms with Crippen LogP contribution in [0.4, 0.5) is 0 Å². The van der Waals surface area contributed by atoms with E-state index in [1.54, 1.807) is 0 Å². The van der Waals surface area contributed by atoms with Crippen molar-refractivity contribution < 1.29 is 14.1 Å². The van der Waals surface area contributed by atoms with Gasteiger partial charge in [-0.1, -0.05) is 5.16 Å². The van der Waals surface area contributed by atoms with Crippen molar-refractivity contribution in [3.63, 3.8) is 0 Å². The largest absolute Gasteiger partial charge is 0.378 e. The molecular weight excluding hydrogens is 282 g/mol. The topological polar surface area (TPSA) is 68.5 Å². The van der Waals surface area contributed by atoms with E-state index >= 15 is 0 Å². The van der Waals surface area contributed by atoms with E-state index in [1.165, 1.54) is 0 Å². The van der Waals surface area contributed by atoms with E-state index in [-0.39, 0.29) is 23.8 Å². The fraction of sp³-hybridized carbons (Fsp3) is 0.812. The summed E-state index contributed by atoms with van der Waals surface area (Å²) in [6.45, 7) is 4.25. The number of piperidine rings is 1. The van der Waals surface area contributed by atoms with Gasteiger partial charge in [0.1, 0.15) is 0 Å². The first-order chi connectivity index (χ1) is 10.7. The lowest BCUT2D eigenvalue weighted by molar-refractivity contribution is -0.138. The molecule has 1 saturated carbocycles. The van der Waals surface area contributed by atoms with Crippen molar-refractivity contribution in [2.75, 3.05) is 19.7 Å². The molecule has 1 aliphatic carbocycles. The molecule has 4 rings (SSSR count). The summed E-state index contributed by atoms with van der Waals surface area (Å²) in [4.78, 5) is 19.2. The lowest BCUT2D eigenvalue weighted by atomic mass is 9.94. The molecule has 0 N–H and O–H groups in total. The third-order valence-electron chi connectivity index (χ3n) is 5.18. The average molecular weight is 305 g/mol. The molecule has 3 unspecified atom stereocenters. The van der Waals surface area contributed by atoms with Crippen LogP contribution in [0.2, 0.25) is 0 Å². The molecule has 3 fully saturated rings. The Bertz CT molecular complexity index is 555. The first kappa shape index (κ1) is 14.2. The normalized spacial score (nSPS) is 32.4. The van der Waals surface area contributed by atoms with Crippen LogP contribution in [0.5, 0.6) is 0 Å². The van der Waals surface area contributed by atoms with Crippen LogP contribution >= 0.6 is 0 Å². The maximum Gasteiger partial charge on any atom is 0.229 e. The highest BCUT2D eigenvalue weighted by atomic mass is 16.5. The molecule has 0 spiro atoms. The molecule has 1 aromatic heterocycles. The molecule has 22 heavy (non-hydrogen) atoms. The van der Waals surface area contributed by atoms with E-state index in [4.69, 9.17) is 9.26 Å². The molecule has 1 aromatic rings. The summed E-state index contributed by atoms with van der Waals surface area (Å²) in [5.41, 5.74) is 0. The molecule has 1 amide bonds. The lowest BCUT2D eigenvalue weighted by Gasteiger charge is -2.33. The Balaban J connectivity index is 1.43. The standard InChI is InChI=1S/C16H23N3O3/c1-10-13(6-8-21-10)16(20)19-7-2-3-12(9-19)14-17-15(22-18-14)11-4-5-11/h10-13H,2-9H2,1H3. The summed E-state index contributed by atoms with van der Waals surface area (Å²) >= 11 is 0. The van der Waals surface area contributed by atoms with Gasteiger partial charge in [-0.3, -0.25) is 4.79 Å². The molecule has 120 valence electrons. The summed E-state index contributed by atoms with van der Waals surface area (Å²) in [6, 6.07) is 0. The minimum Gasteiger partial charge on any atom is -0.378 e. The van der Waals surface area contributed by atoms with Crippen molar-refractivity contribution in [3.05, 3.63) is 11.7 Å². The van der Waals surface area contributed by atoms with E-state index in [2.05, 4.69) is 10.1 Å². The van der Waals surface area contributed by atoms with Gasteiger partial charge in [0.05, 0.1) is 12.0 Å². The molecule has 0 radical (unpaired) electrons. The third kappa shape index (κ3) is 2.64. The number of amides is 1. The second-order valence-corrected chi connectivity index (χ2v) is 6.86. The van der Waals surface area contributed by atoms with Crippen molar-refractivity contribution in [1.29, 1.82) is 0 Å². The van der Waals surface area contributed by atoms with Crippen molar-refractivity contribution in [3.8, 4) is 0 Å². The Morgan fingerprint density at radius 1 is 1.23 bits per heavy atom. The zero-order chi connectivity index (χ0) is 15.1. The van der Waals surface area contributed by atoms with Crippen LogP contribution < -0.4 is 0 Å². The average Bonchev–Trinajstić information content (AvgIpc) is 3.11. The number of ether oxygens (including phenoxy) is 1. The first-order valence-electron chi connectivity index (χ1n) is 8.46. The van der Waals surface area contributed by atoms with Crippen LogP contribution in [0.1, 0.15) is 62.6 Å². The zero-order valence-corrected chi connectivity index (χ0v) is 13.0. The Kier molecular flexibility index (Phi) is 3.64. The highest BCUT2D eigenvalue weighted by Crippen LogP contribution is 2.39. The van der Waals surface area contributed by atoms with Crippen molar-refractivity contribution in [2.45, 2.75) is 57.0 Å². The predicted molar refractivity (Wildman–Crippen MR) is 78.3 cm³/mol. The van der Waals surface area contributed by atoms with E-state index < -0.39 is 0 Å². The molecule has 0 bridgehead atoms. The molecule has 6 nitrogen and oxygen atoms in total. The van der Waals surface area contributed by atoms with Gasteiger partial charge in [0.25, 0.3) is 0 Å². The van der Waals surface area contributed by atoms with Crippen LogP contribution in [0.15, 0.2) is 4.52 Å². The summed E-state index contributed by atoms with van der Waals surface area (Å²) in [5, 5.41) is 4.16. The first-order valence-corrected chi connectivity index (χ1v) is 8.46. The summed E-state index contributed by atoms with van der Waals surface area (Å²) in [7, 11) is 0. The maximum absolute atomic E-state index is 12.7. The quantitative estimate of drug-likeness (QED) is 0.855. The second-order valence-electron chi connectivity index (χ2n) is 6.86. The van der Waals surface area contributed by atoms with Crippen LogP contribution in [-0.4, -0.2) is 46.7 Å². The van der Waals surface area contributed by atoms with Gasteiger partial charge in [-0.2, -0.15) is 4.98 Å². The third-order valence-corrected chi connectivity index (χ3v) is 5.18. The van der Waals surface area contributed by atoms with Gasteiger partial charge in [-0.25, -0.2) is 0 Å². The fourth-order valence-corrected chi connectivity index (χ4v) is 3.59. The Morgan fingerprint density at radius 2 is 2.09 bits per heavy atom. The number of carbonyl (C=O) groups excluding carboxylic acids is 1. The van der Waals surface area contributed by atoms with Gasteiger partial charge in [0, 0.05) is 31.5 Å². The number of likely N-dealkylation sites (tertiary alicyclic amines) is 1. The molecule has 0 aromatic carbocycles. The van der Waals surface area contributed by atoms with E-state index in [1.807, 2.05) is 11.8 Å². The van der Waals surface area contributed by atoms with Crippen molar-refractivity contribution in [1.82, 2.24) is 15.0 Å². The number of hydrogen-bond donors (Lipinski definition) is 0. The van der Waals surface area contributed by atoms with Gasteiger partial charge in [0.2, 0.25) is 11.8 Å². The number of carbonyl (C=O) groups is 1. The molecule has 2 aliphatic heterocycles.